The molecule has 2 aromatic rings. The van der Waals surface area contributed by atoms with E-state index in [0.29, 0.717) is 10.8 Å². The smallest absolute Gasteiger partial charge is 0.334 e. The number of ether oxygens (including phenoxy) is 1. The van der Waals surface area contributed by atoms with Crippen LogP contribution in [0.4, 0.5) is 0 Å². The number of nitrogens with one attached hydrogen (secondary N) is 1. The van der Waals surface area contributed by atoms with Gasteiger partial charge in [0.15, 0.2) is 16.9 Å². The van der Waals surface area contributed by atoms with E-state index in [1.54, 1.807) is 17.5 Å². The Morgan fingerprint density at radius 3 is 3.00 bits per heavy atom. The Hall–Kier alpha value is -2.19. The van der Waals surface area contributed by atoms with Crippen molar-refractivity contribution in [3.8, 4) is 10.8 Å². The van der Waals surface area contributed by atoms with E-state index in [-0.39, 0.29) is 12.2 Å². The van der Waals surface area contributed by atoms with Crippen LogP contribution < -0.4 is 5.32 Å². The molecule has 0 aliphatic carbocycles. The van der Waals surface area contributed by atoms with Crippen molar-refractivity contribution in [1.29, 1.82) is 0 Å². The van der Waals surface area contributed by atoms with Gasteiger partial charge in [0.05, 0.1) is 12.8 Å². The van der Waals surface area contributed by atoms with Crippen molar-refractivity contribution < 1.29 is 23.8 Å². The first kappa shape index (κ1) is 14.2. The van der Waals surface area contributed by atoms with Gasteiger partial charge in [-0.25, -0.2) is 9.78 Å². The summed E-state index contributed by atoms with van der Waals surface area (Å²) in [4.78, 5) is 26.7. The number of aliphatic carboxylic acids is 1. The van der Waals surface area contributed by atoms with Crippen LogP contribution in [0, 0.1) is 0 Å². The van der Waals surface area contributed by atoms with Crippen LogP contribution >= 0.6 is 11.3 Å². The summed E-state index contributed by atoms with van der Waals surface area (Å²) in [6.07, 6.45) is 0.439. The van der Waals surface area contributed by atoms with E-state index in [0.717, 1.165) is 0 Å². The minimum atomic E-state index is -1.14. The Bertz CT molecular complexity index is 593. The number of carboxylic acids is 1. The molecule has 20 heavy (non-hydrogen) atoms. The highest BCUT2D eigenvalue weighted by Crippen LogP contribution is 2.23. The number of carbonyl (C=O) groups is 2. The van der Waals surface area contributed by atoms with Gasteiger partial charge in [0.25, 0.3) is 5.91 Å². The maximum atomic E-state index is 11.8. The average molecular weight is 296 g/mol. The molecule has 7 nitrogen and oxygen atoms in total. The van der Waals surface area contributed by atoms with Gasteiger partial charge in [-0.15, -0.1) is 11.3 Å². The summed E-state index contributed by atoms with van der Waals surface area (Å²) in [5.74, 6) is -1.01. The number of aromatic nitrogens is 1. The second-order valence-corrected chi connectivity index (χ2v) is 4.65. The third-order valence-corrected chi connectivity index (χ3v) is 3.33. The van der Waals surface area contributed by atoms with Crippen LogP contribution in [0.1, 0.15) is 10.5 Å². The van der Waals surface area contributed by atoms with Crippen LogP contribution in [0.3, 0.4) is 0 Å². The number of rotatable bonds is 6. The zero-order valence-corrected chi connectivity index (χ0v) is 11.3. The first-order valence-electron chi connectivity index (χ1n) is 5.65. The SMILES string of the molecule is COC(CNC(=O)c1csc(-c2ccco2)n1)C(=O)O. The minimum absolute atomic E-state index is 0.127. The topological polar surface area (TPSA) is 102 Å². The van der Waals surface area contributed by atoms with Crippen molar-refractivity contribution in [2.24, 2.45) is 0 Å². The van der Waals surface area contributed by atoms with Crippen LogP contribution in [0.2, 0.25) is 0 Å². The number of thiazole rings is 1. The fourth-order valence-corrected chi connectivity index (χ4v) is 2.21. The lowest BCUT2D eigenvalue weighted by molar-refractivity contribution is -0.148. The number of furan rings is 1. The molecule has 0 spiro atoms. The van der Waals surface area contributed by atoms with E-state index in [1.807, 2.05) is 0 Å². The summed E-state index contributed by atoms with van der Waals surface area (Å²) in [5.41, 5.74) is 0.210. The van der Waals surface area contributed by atoms with Crippen LogP contribution in [0.25, 0.3) is 10.8 Å². The summed E-state index contributed by atoms with van der Waals surface area (Å²) >= 11 is 1.27. The van der Waals surface area contributed by atoms with Gasteiger partial charge in [0.2, 0.25) is 0 Å². The minimum Gasteiger partial charge on any atom is -0.479 e. The molecule has 106 valence electrons. The lowest BCUT2D eigenvalue weighted by Gasteiger charge is -2.10. The number of carbonyl (C=O) groups excluding carboxylic acids is 1. The summed E-state index contributed by atoms with van der Waals surface area (Å²) in [6.45, 7) is -0.127. The monoisotopic (exact) mass is 296 g/mol. The van der Waals surface area contributed by atoms with Crippen molar-refractivity contribution in [2.45, 2.75) is 6.10 Å². The first-order chi connectivity index (χ1) is 9.61. The second kappa shape index (κ2) is 6.31. The number of methoxy groups -OCH3 is 1. The highest BCUT2D eigenvalue weighted by molar-refractivity contribution is 7.13. The molecule has 8 heteroatoms. The van der Waals surface area contributed by atoms with Crippen LogP contribution in [-0.4, -0.2) is 41.7 Å². The molecule has 2 heterocycles. The maximum absolute atomic E-state index is 11.8. The van der Waals surface area contributed by atoms with Crippen molar-refractivity contribution >= 4 is 23.2 Å². The van der Waals surface area contributed by atoms with Gasteiger partial charge in [-0.05, 0) is 12.1 Å². The Balaban J connectivity index is 1.98. The molecule has 0 aromatic carbocycles. The quantitative estimate of drug-likeness (QED) is 0.831. The molecule has 1 atom stereocenters. The molecule has 0 radical (unpaired) electrons. The zero-order valence-electron chi connectivity index (χ0n) is 10.5. The van der Waals surface area contributed by atoms with Crippen LogP contribution in [0.5, 0.6) is 0 Å². The third-order valence-electron chi connectivity index (χ3n) is 2.48. The fourth-order valence-electron chi connectivity index (χ4n) is 1.44. The van der Waals surface area contributed by atoms with Crippen LogP contribution in [0.15, 0.2) is 28.2 Å². The summed E-state index contributed by atoms with van der Waals surface area (Å²) < 4.78 is 9.89. The Morgan fingerprint density at radius 2 is 2.40 bits per heavy atom. The highest BCUT2D eigenvalue weighted by atomic mass is 32.1. The molecule has 0 fully saturated rings. The second-order valence-electron chi connectivity index (χ2n) is 3.79. The van der Waals surface area contributed by atoms with Gasteiger partial charge in [-0.3, -0.25) is 4.79 Å². The van der Waals surface area contributed by atoms with E-state index in [9.17, 15) is 9.59 Å². The fraction of sp³-hybridized carbons (Fsp3) is 0.250. The molecule has 0 aliphatic heterocycles. The lowest BCUT2D eigenvalue weighted by Crippen LogP contribution is -2.37. The summed E-state index contributed by atoms with van der Waals surface area (Å²) in [6, 6.07) is 3.47. The number of amides is 1. The van der Waals surface area contributed by atoms with Crippen molar-refractivity contribution in [1.82, 2.24) is 10.3 Å². The molecule has 0 bridgehead atoms. The predicted octanol–water partition coefficient (Wildman–Crippen LogP) is 1.23. The summed E-state index contributed by atoms with van der Waals surface area (Å²) in [7, 11) is 1.27. The van der Waals surface area contributed by atoms with Gasteiger partial charge in [-0.2, -0.15) is 0 Å². The Kier molecular flexibility index (Phi) is 4.49. The number of carboxylic acid groups (broad SMARTS) is 1. The van der Waals surface area contributed by atoms with E-state index in [4.69, 9.17) is 14.3 Å². The van der Waals surface area contributed by atoms with Gasteiger partial charge in [-0.1, -0.05) is 0 Å². The van der Waals surface area contributed by atoms with E-state index in [1.165, 1.54) is 24.7 Å². The maximum Gasteiger partial charge on any atom is 0.334 e. The lowest BCUT2D eigenvalue weighted by atomic mass is 10.3. The number of hydrogen-bond donors (Lipinski definition) is 2. The summed E-state index contributed by atoms with van der Waals surface area (Å²) in [5, 5.41) is 13.4. The number of hydrogen-bond acceptors (Lipinski definition) is 6. The molecule has 2 rings (SSSR count). The van der Waals surface area contributed by atoms with Gasteiger partial charge in [0.1, 0.15) is 5.69 Å². The molecule has 0 saturated heterocycles. The molecule has 1 amide bonds. The van der Waals surface area contributed by atoms with E-state index >= 15 is 0 Å². The molecule has 0 aliphatic rings. The first-order valence-corrected chi connectivity index (χ1v) is 6.53. The third kappa shape index (κ3) is 3.22. The predicted molar refractivity (Wildman–Crippen MR) is 70.6 cm³/mol. The Morgan fingerprint density at radius 1 is 1.60 bits per heavy atom. The van der Waals surface area contributed by atoms with Gasteiger partial charge in [0, 0.05) is 12.5 Å². The molecular formula is C12H12N2O5S. The highest BCUT2D eigenvalue weighted by Gasteiger charge is 2.19. The molecule has 2 aromatic heterocycles. The van der Waals surface area contributed by atoms with E-state index in [2.05, 4.69) is 10.3 Å². The van der Waals surface area contributed by atoms with Gasteiger partial charge < -0.3 is 19.6 Å². The zero-order chi connectivity index (χ0) is 14.5. The molecule has 1 unspecified atom stereocenters. The molecular weight excluding hydrogens is 284 g/mol. The molecule has 0 saturated carbocycles. The molecule has 2 N–H and O–H groups in total. The Labute approximate surface area is 118 Å². The number of nitrogens with zero attached hydrogens (tertiary/aromatic N) is 1. The standard InChI is InChI=1S/C12H12N2O5S/c1-18-9(12(16)17)5-13-10(15)7-6-20-11(14-7)8-3-2-4-19-8/h2-4,6,9H,5H2,1H3,(H,13,15)(H,16,17). The van der Waals surface area contributed by atoms with E-state index < -0.39 is 18.0 Å². The normalized spacial score (nSPS) is 12.1. The average Bonchev–Trinajstić information content (AvgIpc) is 3.09. The van der Waals surface area contributed by atoms with Crippen molar-refractivity contribution in [2.75, 3.05) is 13.7 Å². The van der Waals surface area contributed by atoms with Crippen molar-refractivity contribution in [3.63, 3.8) is 0 Å². The largest absolute Gasteiger partial charge is 0.479 e. The van der Waals surface area contributed by atoms with Crippen molar-refractivity contribution in [3.05, 3.63) is 29.5 Å². The van der Waals surface area contributed by atoms with Gasteiger partial charge >= 0.3 is 5.97 Å². The van der Waals surface area contributed by atoms with Crippen LogP contribution in [-0.2, 0) is 9.53 Å².